The summed E-state index contributed by atoms with van der Waals surface area (Å²) in [6.07, 6.45) is -4.54. The zero-order chi connectivity index (χ0) is 16.6. The third-order valence-corrected chi connectivity index (χ3v) is 3.35. The highest BCUT2D eigenvalue weighted by Gasteiger charge is 2.33. The maximum atomic E-state index is 13.0. The lowest BCUT2D eigenvalue weighted by atomic mass is 10.1. The van der Waals surface area contributed by atoms with E-state index in [-0.39, 0.29) is 11.4 Å². The summed E-state index contributed by atoms with van der Waals surface area (Å²) in [7, 11) is 0. The number of aryl methyl sites for hydroxylation is 1. The van der Waals surface area contributed by atoms with Crippen molar-refractivity contribution in [2.24, 2.45) is 0 Å². The van der Waals surface area contributed by atoms with Crippen LogP contribution in [-0.4, -0.2) is 15.5 Å². The molecule has 4 nitrogen and oxygen atoms in total. The number of amides is 1. The van der Waals surface area contributed by atoms with E-state index in [2.05, 4.69) is 10.4 Å². The summed E-state index contributed by atoms with van der Waals surface area (Å²) in [5.41, 5.74) is 0.370. The second kappa shape index (κ2) is 5.42. The fraction of sp³-hybridized carbons (Fsp3) is 0.125. The molecule has 0 fully saturated rings. The number of aromatic nitrogens is 2. The van der Waals surface area contributed by atoms with Gasteiger partial charge in [0.15, 0.2) is 0 Å². The van der Waals surface area contributed by atoms with Crippen LogP contribution >= 0.6 is 0 Å². The largest absolute Gasteiger partial charge is 0.418 e. The molecule has 1 aromatic carbocycles. The zero-order valence-corrected chi connectivity index (χ0v) is 12.1. The van der Waals surface area contributed by atoms with E-state index in [4.69, 9.17) is 0 Å². The minimum atomic E-state index is -4.54. The molecule has 0 saturated heterocycles. The Morgan fingerprint density at radius 2 is 1.78 bits per heavy atom. The molecular formula is C16H12F3N3O. The Balaban J connectivity index is 1.98. The number of carbonyl (C=O) groups excluding carboxylic acids is 1. The van der Waals surface area contributed by atoms with Gasteiger partial charge in [-0.1, -0.05) is 12.1 Å². The lowest BCUT2D eigenvalue weighted by molar-refractivity contribution is -0.136. The molecule has 7 heteroatoms. The van der Waals surface area contributed by atoms with E-state index in [9.17, 15) is 18.0 Å². The van der Waals surface area contributed by atoms with Crippen LogP contribution in [0.25, 0.3) is 5.52 Å². The highest BCUT2D eigenvalue weighted by atomic mass is 19.4. The fourth-order valence-electron chi connectivity index (χ4n) is 2.28. The average Bonchev–Trinajstić information content (AvgIpc) is 2.89. The zero-order valence-electron chi connectivity index (χ0n) is 12.1. The molecule has 23 heavy (non-hydrogen) atoms. The maximum absolute atomic E-state index is 13.0. The predicted molar refractivity (Wildman–Crippen MR) is 79.3 cm³/mol. The first-order chi connectivity index (χ1) is 10.9. The molecule has 0 aliphatic carbocycles. The average molecular weight is 319 g/mol. The number of alkyl halides is 3. The van der Waals surface area contributed by atoms with Crippen LogP contribution in [0, 0.1) is 6.92 Å². The van der Waals surface area contributed by atoms with Gasteiger partial charge in [0.25, 0.3) is 5.91 Å². The molecule has 118 valence electrons. The highest BCUT2D eigenvalue weighted by molar-refractivity contribution is 6.04. The van der Waals surface area contributed by atoms with Crippen LogP contribution in [0.4, 0.5) is 18.9 Å². The molecule has 0 saturated carbocycles. The van der Waals surface area contributed by atoms with E-state index in [1.54, 1.807) is 25.1 Å². The van der Waals surface area contributed by atoms with Crippen molar-refractivity contribution >= 4 is 17.1 Å². The molecule has 0 aliphatic heterocycles. The number of fused-ring (bicyclic) bond motifs is 1. The minimum Gasteiger partial charge on any atom is -0.320 e. The molecule has 3 aromatic rings. The lowest BCUT2D eigenvalue weighted by Gasteiger charge is -2.13. The first kappa shape index (κ1) is 15.1. The minimum absolute atomic E-state index is 0.167. The van der Waals surface area contributed by atoms with Gasteiger partial charge >= 0.3 is 6.18 Å². The van der Waals surface area contributed by atoms with Gasteiger partial charge in [-0.15, -0.1) is 0 Å². The van der Waals surface area contributed by atoms with Gasteiger partial charge in [-0.25, -0.2) is 4.52 Å². The van der Waals surface area contributed by atoms with E-state index >= 15 is 0 Å². The van der Waals surface area contributed by atoms with E-state index in [0.29, 0.717) is 11.2 Å². The van der Waals surface area contributed by atoms with E-state index < -0.39 is 17.6 Å². The molecule has 0 spiro atoms. The van der Waals surface area contributed by atoms with Crippen LogP contribution in [-0.2, 0) is 6.18 Å². The first-order valence-electron chi connectivity index (χ1n) is 6.79. The topological polar surface area (TPSA) is 46.4 Å². The second-order valence-electron chi connectivity index (χ2n) is 5.03. The van der Waals surface area contributed by atoms with Crippen molar-refractivity contribution in [3.63, 3.8) is 0 Å². The Labute approximate surface area is 129 Å². The number of para-hydroxylation sites is 1. The second-order valence-corrected chi connectivity index (χ2v) is 5.03. The molecule has 2 aromatic heterocycles. The highest BCUT2D eigenvalue weighted by Crippen LogP contribution is 2.34. The van der Waals surface area contributed by atoms with Crippen molar-refractivity contribution in [2.45, 2.75) is 13.1 Å². The van der Waals surface area contributed by atoms with Crippen molar-refractivity contribution in [2.75, 3.05) is 5.32 Å². The van der Waals surface area contributed by atoms with Crippen molar-refractivity contribution < 1.29 is 18.0 Å². The monoisotopic (exact) mass is 319 g/mol. The number of halogens is 3. The summed E-state index contributed by atoms with van der Waals surface area (Å²) in [6.45, 7) is 1.76. The Hall–Kier alpha value is -2.83. The Morgan fingerprint density at radius 1 is 1.09 bits per heavy atom. The van der Waals surface area contributed by atoms with Gasteiger partial charge < -0.3 is 5.32 Å². The van der Waals surface area contributed by atoms with E-state index in [0.717, 1.165) is 6.07 Å². The van der Waals surface area contributed by atoms with Gasteiger partial charge in [0.1, 0.15) is 5.69 Å². The summed E-state index contributed by atoms with van der Waals surface area (Å²) >= 11 is 0. The summed E-state index contributed by atoms with van der Waals surface area (Å²) in [6, 6.07) is 11.6. The van der Waals surface area contributed by atoms with E-state index in [1.807, 2.05) is 0 Å². The molecule has 2 heterocycles. The van der Waals surface area contributed by atoms with Crippen LogP contribution in [0.5, 0.6) is 0 Å². The van der Waals surface area contributed by atoms with Crippen molar-refractivity contribution in [1.29, 1.82) is 0 Å². The summed E-state index contributed by atoms with van der Waals surface area (Å²) in [5, 5.41) is 6.51. The standard InChI is InChI=1S/C16H12F3N3O/c1-10-6-7-11-8-9-14(22(11)21-10)15(23)20-13-5-3-2-4-12(13)16(17,18)19/h2-9H,1H3,(H,20,23). The van der Waals surface area contributed by atoms with Gasteiger partial charge in [-0.3, -0.25) is 4.79 Å². The van der Waals surface area contributed by atoms with Gasteiger partial charge in [-0.05, 0) is 43.3 Å². The quantitative estimate of drug-likeness (QED) is 0.778. The molecule has 0 bridgehead atoms. The third-order valence-electron chi connectivity index (χ3n) is 3.35. The number of benzene rings is 1. The van der Waals surface area contributed by atoms with Crippen LogP contribution < -0.4 is 5.32 Å². The molecule has 3 rings (SSSR count). The number of nitrogens with one attached hydrogen (secondary N) is 1. The van der Waals surface area contributed by atoms with Crippen molar-refractivity contribution in [3.8, 4) is 0 Å². The number of anilines is 1. The molecule has 0 atom stereocenters. The van der Waals surface area contributed by atoms with Gasteiger partial charge in [0.05, 0.1) is 22.5 Å². The number of carbonyl (C=O) groups is 1. The Morgan fingerprint density at radius 3 is 2.52 bits per heavy atom. The van der Waals surface area contributed by atoms with Crippen LogP contribution in [0.15, 0.2) is 48.5 Å². The Kier molecular flexibility index (Phi) is 3.55. The molecule has 1 amide bonds. The molecule has 0 unspecified atom stereocenters. The molecule has 0 aliphatic rings. The van der Waals surface area contributed by atoms with Crippen LogP contribution in [0.3, 0.4) is 0 Å². The smallest absolute Gasteiger partial charge is 0.320 e. The Bertz CT molecular complexity index is 884. The SMILES string of the molecule is Cc1ccc2ccc(C(=O)Nc3ccccc3C(F)(F)F)n2n1. The normalized spacial score (nSPS) is 11.7. The summed E-state index contributed by atoms with van der Waals surface area (Å²) in [4.78, 5) is 12.3. The fourth-order valence-corrected chi connectivity index (χ4v) is 2.28. The first-order valence-corrected chi connectivity index (χ1v) is 6.79. The number of hydrogen-bond donors (Lipinski definition) is 1. The van der Waals surface area contributed by atoms with E-state index in [1.165, 1.54) is 28.8 Å². The van der Waals surface area contributed by atoms with Crippen LogP contribution in [0.2, 0.25) is 0 Å². The summed E-state index contributed by atoms with van der Waals surface area (Å²) in [5.74, 6) is -0.653. The maximum Gasteiger partial charge on any atom is 0.418 e. The number of nitrogens with zero attached hydrogens (tertiary/aromatic N) is 2. The van der Waals surface area contributed by atoms with Gasteiger partial charge in [0.2, 0.25) is 0 Å². The predicted octanol–water partition coefficient (Wildman–Crippen LogP) is 3.91. The van der Waals surface area contributed by atoms with Gasteiger partial charge in [0, 0.05) is 0 Å². The molecular weight excluding hydrogens is 307 g/mol. The molecule has 0 radical (unpaired) electrons. The number of rotatable bonds is 2. The van der Waals surface area contributed by atoms with Crippen molar-refractivity contribution in [1.82, 2.24) is 9.61 Å². The van der Waals surface area contributed by atoms with Crippen LogP contribution in [0.1, 0.15) is 21.7 Å². The van der Waals surface area contributed by atoms with Crippen molar-refractivity contribution in [3.05, 3.63) is 65.5 Å². The molecule has 1 N–H and O–H groups in total. The number of hydrogen-bond acceptors (Lipinski definition) is 2. The lowest BCUT2D eigenvalue weighted by Crippen LogP contribution is -2.18. The van der Waals surface area contributed by atoms with Gasteiger partial charge in [-0.2, -0.15) is 18.3 Å². The third kappa shape index (κ3) is 2.90. The summed E-state index contributed by atoms with van der Waals surface area (Å²) < 4.78 is 40.3.